The van der Waals surface area contributed by atoms with E-state index in [0.717, 1.165) is 42.8 Å². The van der Waals surface area contributed by atoms with Crippen molar-refractivity contribution in [1.82, 2.24) is 15.8 Å². The summed E-state index contributed by atoms with van der Waals surface area (Å²) in [6.45, 7) is 7.11. The average molecular weight is 288 g/mol. The molecule has 1 fully saturated rings. The first-order valence-corrected chi connectivity index (χ1v) is 6.48. The van der Waals surface area contributed by atoms with Crippen LogP contribution in [-0.4, -0.2) is 23.1 Å². The van der Waals surface area contributed by atoms with Crippen LogP contribution in [0, 0.1) is 13.8 Å². The molecule has 0 radical (unpaired) electrons. The molecule has 2 N–H and O–H groups in total. The number of rotatable bonds is 3. The second-order valence-electron chi connectivity index (χ2n) is 5.20. The largest absolute Gasteiger partial charge is 0.361 e. The summed E-state index contributed by atoms with van der Waals surface area (Å²) < 4.78 is 5.08. The molecule has 1 aromatic rings. The van der Waals surface area contributed by atoms with E-state index in [1.165, 1.54) is 0 Å². The molecule has 1 unspecified atom stereocenters. The van der Waals surface area contributed by atoms with Crippen molar-refractivity contribution in [3.8, 4) is 0 Å². The van der Waals surface area contributed by atoms with Gasteiger partial charge in [0.2, 0.25) is 5.91 Å². The van der Waals surface area contributed by atoms with Crippen LogP contribution in [0.25, 0.3) is 0 Å². The van der Waals surface area contributed by atoms with E-state index in [0.29, 0.717) is 6.54 Å². The van der Waals surface area contributed by atoms with Gasteiger partial charge in [0.05, 0.1) is 11.2 Å². The fourth-order valence-electron chi connectivity index (χ4n) is 2.37. The Balaban J connectivity index is 0.00000180. The highest BCUT2D eigenvalue weighted by Gasteiger charge is 2.34. The molecule has 0 aliphatic carbocycles. The molecular weight excluding hydrogens is 266 g/mol. The summed E-state index contributed by atoms with van der Waals surface area (Å²) in [5, 5.41) is 10.2. The standard InChI is InChI=1S/C13H21N3O2.ClH/c1-9-11(10(2)18-16-9)8-14-12(17)13(3)6-4-5-7-15-13;/h15H,4-8H2,1-3H3,(H,14,17);1H. The number of carbonyl (C=O) groups excluding carboxylic acids is 1. The van der Waals surface area contributed by atoms with E-state index in [9.17, 15) is 4.79 Å². The molecular formula is C13H22ClN3O2. The number of aromatic nitrogens is 1. The molecule has 0 spiro atoms. The van der Waals surface area contributed by atoms with Crippen LogP contribution in [-0.2, 0) is 11.3 Å². The van der Waals surface area contributed by atoms with Crippen LogP contribution in [0.5, 0.6) is 0 Å². The van der Waals surface area contributed by atoms with Gasteiger partial charge >= 0.3 is 0 Å². The third-order valence-corrected chi connectivity index (χ3v) is 3.73. The molecule has 1 saturated heterocycles. The van der Waals surface area contributed by atoms with Gasteiger partial charge in [-0.15, -0.1) is 12.4 Å². The van der Waals surface area contributed by atoms with E-state index < -0.39 is 5.54 Å². The van der Waals surface area contributed by atoms with Crippen molar-refractivity contribution in [3.63, 3.8) is 0 Å². The minimum absolute atomic E-state index is 0. The van der Waals surface area contributed by atoms with E-state index in [1.807, 2.05) is 20.8 Å². The molecule has 1 atom stereocenters. The van der Waals surface area contributed by atoms with Crippen LogP contribution in [0.2, 0.25) is 0 Å². The average Bonchev–Trinajstić information content (AvgIpc) is 2.67. The number of nitrogens with one attached hydrogen (secondary N) is 2. The van der Waals surface area contributed by atoms with Crippen molar-refractivity contribution in [2.24, 2.45) is 0 Å². The molecule has 1 amide bonds. The molecule has 0 aromatic carbocycles. The summed E-state index contributed by atoms with van der Waals surface area (Å²) in [6, 6.07) is 0. The van der Waals surface area contributed by atoms with Gasteiger partial charge in [-0.05, 0) is 46.6 Å². The molecule has 19 heavy (non-hydrogen) atoms. The minimum Gasteiger partial charge on any atom is -0.361 e. The van der Waals surface area contributed by atoms with Crippen LogP contribution < -0.4 is 10.6 Å². The SMILES string of the molecule is Cc1noc(C)c1CNC(=O)C1(C)CCCCN1.Cl. The summed E-state index contributed by atoms with van der Waals surface area (Å²) in [5.74, 6) is 0.830. The fourth-order valence-corrected chi connectivity index (χ4v) is 2.37. The number of piperidine rings is 1. The first kappa shape index (κ1) is 16.0. The van der Waals surface area contributed by atoms with Crippen LogP contribution in [0.1, 0.15) is 43.2 Å². The van der Waals surface area contributed by atoms with Crippen LogP contribution in [0.4, 0.5) is 0 Å². The summed E-state index contributed by atoms with van der Waals surface area (Å²) in [6.07, 6.45) is 3.13. The number of carbonyl (C=O) groups is 1. The van der Waals surface area contributed by atoms with Gasteiger partial charge in [0.1, 0.15) is 5.76 Å². The minimum atomic E-state index is -0.433. The van der Waals surface area contributed by atoms with Crippen molar-refractivity contribution in [2.75, 3.05) is 6.54 Å². The van der Waals surface area contributed by atoms with Crippen LogP contribution >= 0.6 is 12.4 Å². The van der Waals surface area contributed by atoms with Crippen LogP contribution in [0.15, 0.2) is 4.52 Å². The second-order valence-corrected chi connectivity index (χ2v) is 5.20. The second kappa shape index (κ2) is 6.39. The Labute approximate surface area is 119 Å². The van der Waals surface area contributed by atoms with Crippen molar-refractivity contribution >= 4 is 18.3 Å². The summed E-state index contributed by atoms with van der Waals surface area (Å²) >= 11 is 0. The number of halogens is 1. The lowest BCUT2D eigenvalue weighted by atomic mass is 9.90. The Hall–Kier alpha value is -1.07. The molecule has 2 heterocycles. The molecule has 0 bridgehead atoms. The smallest absolute Gasteiger partial charge is 0.240 e. The Morgan fingerprint density at radius 2 is 2.21 bits per heavy atom. The van der Waals surface area contributed by atoms with Gasteiger partial charge < -0.3 is 15.2 Å². The number of hydrogen-bond acceptors (Lipinski definition) is 4. The van der Waals surface area contributed by atoms with E-state index in [-0.39, 0.29) is 18.3 Å². The van der Waals surface area contributed by atoms with Gasteiger partial charge in [-0.2, -0.15) is 0 Å². The third kappa shape index (κ3) is 3.48. The molecule has 6 heteroatoms. The van der Waals surface area contributed by atoms with Gasteiger partial charge in [-0.1, -0.05) is 5.16 Å². The van der Waals surface area contributed by atoms with Crippen molar-refractivity contribution in [2.45, 2.75) is 52.1 Å². The molecule has 108 valence electrons. The maximum absolute atomic E-state index is 12.2. The van der Waals surface area contributed by atoms with Crippen molar-refractivity contribution in [3.05, 3.63) is 17.0 Å². The maximum Gasteiger partial charge on any atom is 0.240 e. The van der Waals surface area contributed by atoms with E-state index in [1.54, 1.807) is 0 Å². The van der Waals surface area contributed by atoms with Crippen molar-refractivity contribution < 1.29 is 9.32 Å². The quantitative estimate of drug-likeness (QED) is 0.890. The predicted octanol–water partition coefficient (Wildman–Crippen LogP) is 1.86. The molecule has 5 nitrogen and oxygen atoms in total. The topological polar surface area (TPSA) is 67.2 Å². The lowest BCUT2D eigenvalue weighted by molar-refractivity contribution is -0.128. The lowest BCUT2D eigenvalue weighted by Crippen LogP contribution is -2.56. The Kier molecular flexibility index (Phi) is 5.38. The summed E-state index contributed by atoms with van der Waals surface area (Å²) in [7, 11) is 0. The molecule has 1 aliphatic rings. The lowest BCUT2D eigenvalue weighted by Gasteiger charge is -2.33. The highest BCUT2D eigenvalue weighted by atomic mass is 35.5. The fraction of sp³-hybridized carbons (Fsp3) is 0.692. The number of nitrogens with zero attached hydrogens (tertiary/aromatic N) is 1. The summed E-state index contributed by atoms with van der Waals surface area (Å²) in [5.41, 5.74) is 1.38. The zero-order valence-electron chi connectivity index (χ0n) is 11.7. The Bertz CT molecular complexity index is 420. The highest BCUT2D eigenvalue weighted by molar-refractivity contribution is 5.86. The van der Waals surface area contributed by atoms with Gasteiger partial charge in [0, 0.05) is 12.1 Å². The molecule has 1 aliphatic heterocycles. The number of aryl methyl sites for hydroxylation is 2. The number of amides is 1. The highest BCUT2D eigenvalue weighted by Crippen LogP contribution is 2.19. The monoisotopic (exact) mass is 287 g/mol. The molecule has 2 rings (SSSR count). The van der Waals surface area contributed by atoms with E-state index in [2.05, 4.69) is 15.8 Å². The maximum atomic E-state index is 12.2. The zero-order chi connectivity index (χ0) is 13.2. The number of hydrogen-bond donors (Lipinski definition) is 2. The molecule has 1 aromatic heterocycles. The van der Waals surface area contributed by atoms with Crippen LogP contribution in [0.3, 0.4) is 0 Å². The van der Waals surface area contributed by atoms with Gasteiger partial charge in [-0.3, -0.25) is 4.79 Å². The third-order valence-electron chi connectivity index (χ3n) is 3.73. The van der Waals surface area contributed by atoms with Gasteiger partial charge in [0.15, 0.2) is 0 Å². The Morgan fingerprint density at radius 3 is 2.74 bits per heavy atom. The van der Waals surface area contributed by atoms with Gasteiger partial charge in [-0.25, -0.2) is 0 Å². The Morgan fingerprint density at radius 1 is 1.47 bits per heavy atom. The first-order chi connectivity index (χ1) is 8.53. The van der Waals surface area contributed by atoms with Crippen molar-refractivity contribution in [1.29, 1.82) is 0 Å². The summed E-state index contributed by atoms with van der Waals surface area (Å²) in [4.78, 5) is 12.2. The van der Waals surface area contributed by atoms with Gasteiger partial charge in [0.25, 0.3) is 0 Å². The van der Waals surface area contributed by atoms with E-state index in [4.69, 9.17) is 4.52 Å². The first-order valence-electron chi connectivity index (χ1n) is 6.48. The normalized spacial score (nSPS) is 22.7. The molecule has 0 saturated carbocycles. The zero-order valence-corrected chi connectivity index (χ0v) is 12.5. The predicted molar refractivity (Wildman–Crippen MR) is 75.3 cm³/mol. The van der Waals surface area contributed by atoms with E-state index >= 15 is 0 Å².